The molecule has 1 aromatic heterocycles. The number of carbonyl (C=O) groups is 1. The number of benzene rings is 1. The lowest BCUT2D eigenvalue weighted by atomic mass is 10.0. The van der Waals surface area contributed by atoms with Crippen molar-refractivity contribution < 1.29 is 14.3 Å². The Kier molecular flexibility index (Phi) is 4.17. The first-order valence-corrected chi connectivity index (χ1v) is 8.47. The van der Waals surface area contributed by atoms with Gasteiger partial charge >= 0.3 is 6.03 Å². The highest BCUT2D eigenvalue weighted by molar-refractivity contribution is 5.74. The van der Waals surface area contributed by atoms with E-state index < -0.39 is 0 Å². The molecule has 1 aromatic carbocycles. The van der Waals surface area contributed by atoms with Crippen LogP contribution in [0.5, 0.6) is 11.5 Å². The van der Waals surface area contributed by atoms with Crippen molar-refractivity contribution in [1.82, 2.24) is 25.4 Å². The molecule has 4 rings (SSSR count). The van der Waals surface area contributed by atoms with Crippen LogP contribution in [0.1, 0.15) is 30.3 Å². The maximum Gasteiger partial charge on any atom is 0.315 e. The summed E-state index contributed by atoms with van der Waals surface area (Å²) in [6, 6.07) is 5.38. The summed E-state index contributed by atoms with van der Waals surface area (Å²) in [6.07, 6.45) is 4.11. The fourth-order valence-electron chi connectivity index (χ4n) is 3.38. The molecule has 3 heterocycles. The van der Waals surface area contributed by atoms with Crippen LogP contribution >= 0.6 is 0 Å². The quantitative estimate of drug-likeness (QED) is 0.880. The van der Waals surface area contributed by atoms with Gasteiger partial charge in [0.25, 0.3) is 0 Å². The molecule has 2 aromatic rings. The van der Waals surface area contributed by atoms with E-state index in [0.717, 1.165) is 48.7 Å². The van der Waals surface area contributed by atoms with Gasteiger partial charge in [-0.3, -0.25) is 0 Å². The SMILES string of the molecule is COc1ccc2c(c1)OCC(NC(=O)NC1CCCn3ncnc31)C2. The van der Waals surface area contributed by atoms with Crippen LogP contribution in [-0.2, 0) is 13.0 Å². The Bertz CT molecular complexity index is 775. The van der Waals surface area contributed by atoms with E-state index in [1.165, 1.54) is 6.33 Å². The number of methoxy groups -OCH3 is 1. The molecule has 8 heteroatoms. The van der Waals surface area contributed by atoms with Gasteiger partial charge in [-0.05, 0) is 30.9 Å². The zero-order valence-corrected chi connectivity index (χ0v) is 14.1. The maximum atomic E-state index is 12.4. The maximum absolute atomic E-state index is 12.4. The number of fused-ring (bicyclic) bond motifs is 2. The normalized spacial score (nSPS) is 21.5. The lowest BCUT2D eigenvalue weighted by Gasteiger charge is -2.28. The van der Waals surface area contributed by atoms with E-state index in [0.29, 0.717) is 6.61 Å². The number of hydrogen-bond acceptors (Lipinski definition) is 5. The van der Waals surface area contributed by atoms with Crippen LogP contribution in [-0.4, -0.2) is 40.6 Å². The van der Waals surface area contributed by atoms with Gasteiger partial charge < -0.3 is 20.1 Å². The van der Waals surface area contributed by atoms with Gasteiger partial charge in [-0.2, -0.15) is 5.10 Å². The fourth-order valence-corrected chi connectivity index (χ4v) is 3.38. The minimum atomic E-state index is -0.202. The predicted molar refractivity (Wildman–Crippen MR) is 89.6 cm³/mol. The molecule has 2 aliphatic heterocycles. The average molecular weight is 343 g/mol. The van der Waals surface area contributed by atoms with Crippen LogP contribution in [0.4, 0.5) is 4.79 Å². The zero-order chi connectivity index (χ0) is 17.2. The molecule has 132 valence electrons. The molecule has 2 atom stereocenters. The van der Waals surface area contributed by atoms with E-state index in [1.807, 2.05) is 22.9 Å². The van der Waals surface area contributed by atoms with Crippen LogP contribution in [0, 0.1) is 0 Å². The van der Waals surface area contributed by atoms with Gasteiger partial charge in [0.05, 0.1) is 19.2 Å². The molecule has 25 heavy (non-hydrogen) atoms. The molecule has 2 N–H and O–H groups in total. The minimum absolute atomic E-state index is 0.0673. The molecular formula is C17H21N5O3. The van der Waals surface area contributed by atoms with Crippen molar-refractivity contribution in [3.05, 3.63) is 35.9 Å². The van der Waals surface area contributed by atoms with E-state index in [9.17, 15) is 4.79 Å². The molecule has 0 saturated heterocycles. The van der Waals surface area contributed by atoms with Crippen LogP contribution in [0.15, 0.2) is 24.5 Å². The summed E-state index contributed by atoms with van der Waals surface area (Å²) in [5.41, 5.74) is 1.06. The number of carbonyl (C=O) groups excluding carboxylic acids is 1. The minimum Gasteiger partial charge on any atom is -0.497 e. The van der Waals surface area contributed by atoms with Gasteiger partial charge in [0, 0.05) is 12.6 Å². The molecule has 0 fully saturated rings. The predicted octanol–water partition coefficient (Wildman–Crippen LogP) is 1.42. The second kappa shape index (κ2) is 6.62. The lowest BCUT2D eigenvalue weighted by Crippen LogP contribution is -2.48. The first kappa shape index (κ1) is 15.7. The summed E-state index contributed by atoms with van der Waals surface area (Å²) in [7, 11) is 1.63. The number of aromatic nitrogens is 3. The third kappa shape index (κ3) is 3.24. The molecule has 2 amide bonds. The number of aryl methyl sites for hydroxylation is 1. The fraction of sp³-hybridized carbons (Fsp3) is 0.471. The number of amides is 2. The number of nitrogens with one attached hydrogen (secondary N) is 2. The van der Waals surface area contributed by atoms with Gasteiger partial charge in [0.2, 0.25) is 0 Å². The largest absolute Gasteiger partial charge is 0.497 e. The summed E-state index contributed by atoms with van der Waals surface area (Å²) in [4.78, 5) is 16.6. The Labute approximate surface area is 145 Å². The van der Waals surface area contributed by atoms with Crippen LogP contribution in [0.25, 0.3) is 0 Å². The second-order valence-electron chi connectivity index (χ2n) is 6.34. The summed E-state index contributed by atoms with van der Waals surface area (Å²) >= 11 is 0. The first-order valence-electron chi connectivity index (χ1n) is 8.47. The van der Waals surface area contributed by atoms with E-state index in [-0.39, 0.29) is 18.1 Å². The average Bonchev–Trinajstić information content (AvgIpc) is 3.11. The number of nitrogens with zero attached hydrogens (tertiary/aromatic N) is 3. The highest BCUT2D eigenvalue weighted by Crippen LogP contribution is 2.29. The highest BCUT2D eigenvalue weighted by Gasteiger charge is 2.26. The van der Waals surface area contributed by atoms with E-state index >= 15 is 0 Å². The smallest absolute Gasteiger partial charge is 0.315 e. The summed E-state index contributed by atoms with van der Waals surface area (Å²) < 4.78 is 12.8. The summed E-state index contributed by atoms with van der Waals surface area (Å²) in [5, 5.41) is 10.2. The van der Waals surface area contributed by atoms with Crippen molar-refractivity contribution in [3.63, 3.8) is 0 Å². The van der Waals surface area contributed by atoms with Crippen LogP contribution in [0.2, 0.25) is 0 Å². The van der Waals surface area contributed by atoms with E-state index in [1.54, 1.807) is 7.11 Å². The van der Waals surface area contributed by atoms with Gasteiger partial charge in [0.1, 0.15) is 30.3 Å². The summed E-state index contributed by atoms with van der Waals surface area (Å²) in [6.45, 7) is 1.29. The molecule has 0 bridgehead atoms. The Morgan fingerprint density at radius 3 is 3.20 bits per heavy atom. The van der Waals surface area contributed by atoms with Crippen molar-refractivity contribution >= 4 is 6.03 Å². The molecule has 0 saturated carbocycles. The topological polar surface area (TPSA) is 90.3 Å². The number of hydrogen-bond donors (Lipinski definition) is 2. The Hall–Kier alpha value is -2.77. The Morgan fingerprint density at radius 2 is 2.32 bits per heavy atom. The highest BCUT2D eigenvalue weighted by atomic mass is 16.5. The van der Waals surface area contributed by atoms with Crippen molar-refractivity contribution in [2.24, 2.45) is 0 Å². The Morgan fingerprint density at radius 1 is 1.40 bits per heavy atom. The van der Waals surface area contributed by atoms with E-state index in [4.69, 9.17) is 9.47 Å². The molecular weight excluding hydrogens is 322 g/mol. The van der Waals surface area contributed by atoms with Gasteiger partial charge in [-0.1, -0.05) is 6.07 Å². The van der Waals surface area contributed by atoms with Crippen molar-refractivity contribution in [1.29, 1.82) is 0 Å². The molecule has 2 aliphatic rings. The molecule has 0 aliphatic carbocycles. The van der Waals surface area contributed by atoms with Gasteiger partial charge in [-0.25, -0.2) is 14.5 Å². The van der Waals surface area contributed by atoms with Gasteiger partial charge in [0.15, 0.2) is 0 Å². The number of ether oxygens (including phenoxy) is 2. The summed E-state index contributed by atoms with van der Waals surface area (Å²) in [5.74, 6) is 2.40. The van der Waals surface area contributed by atoms with Crippen molar-refractivity contribution in [2.75, 3.05) is 13.7 Å². The monoisotopic (exact) mass is 343 g/mol. The molecule has 0 radical (unpaired) electrons. The number of urea groups is 1. The lowest BCUT2D eigenvalue weighted by molar-refractivity contribution is 0.208. The molecule has 2 unspecified atom stereocenters. The number of rotatable bonds is 3. The standard InChI is InChI=1S/C17H21N5O3/c1-24-13-5-4-11-7-12(9-25-15(11)8-13)20-17(23)21-14-3-2-6-22-16(14)18-10-19-22/h4-5,8,10,12,14H,2-3,6-7,9H2,1H3,(H2,20,21,23). The molecule has 8 nitrogen and oxygen atoms in total. The Balaban J connectivity index is 1.36. The van der Waals surface area contributed by atoms with E-state index in [2.05, 4.69) is 20.7 Å². The zero-order valence-electron chi connectivity index (χ0n) is 14.1. The third-order valence-corrected chi connectivity index (χ3v) is 4.64. The van der Waals surface area contributed by atoms with Crippen molar-refractivity contribution in [2.45, 2.75) is 37.9 Å². The third-order valence-electron chi connectivity index (χ3n) is 4.64. The first-order chi connectivity index (χ1) is 12.2. The second-order valence-corrected chi connectivity index (χ2v) is 6.34. The molecule has 0 spiro atoms. The van der Waals surface area contributed by atoms with Crippen molar-refractivity contribution in [3.8, 4) is 11.5 Å². The van der Waals surface area contributed by atoms with Crippen LogP contribution < -0.4 is 20.1 Å². The van der Waals surface area contributed by atoms with Gasteiger partial charge in [-0.15, -0.1) is 0 Å². The van der Waals surface area contributed by atoms with Crippen LogP contribution in [0.3, 0.4) is 0 Å².